The number of halogens is 2. The molecule has 0 spiro atoms. The Balaban J connectivity index is 0.00000138. The van der Waals surface area contributed by atoms with Gasteiger partial charge in [0.05, 0.1) is 7.82 Å². The molecule has 1 aliphatic heterocycles. The molecule has 0 aromatic rings. The van der Waals surface area contributed by atoms with Gasteiger partial charge in [-0.3, -0.25) is 49.9 Å². The van der Waals surface area contributed by atoms with Crippen LogP contribution in [0.25, 0.3) is 0 Å². The van der Waals surface area contributed by atoms with Crippen molar-refractivity contribution in [1.82, 2.24) is 0 Å². The molecule has 1 heterocycles. The molecule has 3 aliphatic rings. The monoisotopic (exact) mass is 1600 g/mol. The fraction of sp³-hybridized carbons (Fsp3) is 1.00. The maximum Gasteiger partial charge on any atom is 0.479 e. The van der Waals surface area contributed by atoms with Crippen LogP contribution in [0.2, 0.25) is 0 Å². The van der Waals surface area contributed by atoms with Crippen molar-refractivity contribution >= 4 is 131 Å². The van der Waals surface area contributed by atoms with Gasteiger partial charge in [0.2, 0.25) is 0 Å². The number of hydrogen-bond acceptors (Lipinski definition) is 30. The van der Waals surface area contributed by atoms with E-state index in [0.717, 1.165) is 0 Å². The first-order chi connectivity index (χ1) is 31.8. The third kappa shape index (κ3) is 30.3. The summed E-state index contributed by atoms with van der Waals surface area (Å²) in [4.78, 5) is 212. The number of phosphoric ester groups is 12. The first kappa shape index (κ1) is 77.4. The second kappa shape index (κ2) is 28.1. The molecule has 1 radical (unpaired) electrons. The molecule has 0 amide bonds. The van der Waals surface area contributed by atoms with Crippen molar-refractivity contribution in [1.29, 1.82) is 0 Å². The summed E-state index contributed by atoms with van der Waals surface area (Å²) in [5.74, 6) is 0. The van der Waals surface area contributed by atoms with Gasteiger partial charge in [-0.15, -0.1) is 0 Å². The van der Waals surface area contributed by atoms with E-state index in [2.05, 4.69) is 95.8 Å². The van der Waals surface area contributed by atoms with Gasteiger partial charge in [-0.05, 0) is 0 Å². The molecule has 1 saturated heterocycles. The van der Waals surface area contributed by atoms with Gasteiger partial charge in [-0.25, -0.2) is 40.8 Å². The predicted molar refractivity (Wildman–Crippen MR) is 217 cm³/mol. The maximum atomic E-state index is 12.0. The summed E-state index contributed by atoms with van der Waals surface area (Å²) in [6, 6.07) is 0. The van der Waals surface area contributed by atoms with Crippen LogP contribution in [0, 0.1) is 0 Å². The van der Waals surface area contributed by atoms with Crippen LogP contribution in [0.4, 0.5) is 0 Å². The summed E-state index contributed by atoms with van der Waals surface area (Å²) in [6.45, 7) is 0. The molecule has 2 saturated carbocycles. The van der Waals surface area contributed by atoms with Crippen molar-refractivity contribution in [2.45, 2.75) is 73.2 Å². The molecule has 3 fully saturated rings. The van der Waals surface area contributed by atoms with Gasteiger partial charge in [0.1, 0.15) is 73.2 Å². The van der Waals surface area contributed by atoms with Gasteiger partial charge < -0.3 is 130 Å². The van der Waals surface area contributed by atoms with Crippen LogP contribution in [0.1, 0.15) is 0 Å². The van der Waals surface area contributed by atoms with Crippen LogP contribution in [0.3, 0.4) is 0 Å². The number of rotatable bonds is 20. The Hall–Kier alpha value is 3.40. The van der Waals surface area contributed by atoms with Crippen LogP contribution < -0.4 is 24.5 Å². The maximum absolute atomic E-state index is 12.0. The van der Waals surface area contributed by atoms with Crippen molar-refractivity contribution in [2.24, 2.45) is 0 Å². The third-order valence-corrected chi connectivity index (χ3v) is 15.0. The molecular formula is C12H29I2O47P12V-5. The minimum atomic E-state index is -6.54. The van der Waals surface area contributed by atoms with E-state index in [9.17, 15) is 84.1 Å². The fourth-order valence-corrected chi connectivity index (χ4v) is 13.7. The summed E-state index contributed by atoms with van der Waals surface area (Å²) in [6.07, 6.45) is -37.3. The second-order valence-electron chi connectivity index (χ2n) is 12.7. The van der Waals surface area contributed by atoms with E-state index in [1.165, 1.54) is 0 Å². The van der Waals surface area contributed by atoms with Crippen molar-refractivity contribution in [2.75, 3.05) is 0 Å². The predicted octanol–water partition coefficient (Wildman–Crippen LogP) is -6.61. The average molecular weight is 1600 g/mol. The summed E-state index contributed by atoms with van der Waals surface area (Å²) >= 11 is 4.24. The van der Waals surface area contributed by atoms with Gasteiger partial charge in [0, 0.05) is 55.8 Å². The molecule has 62 heteroatoms. The van der Waals surface area contributed by atoms with Crippen molar-refractivity contribution < 1.29 is 240 Å². The summed E-state index contributed by atoms with van der Waals surface area (Å²) in [5, 5.41) is 0. The van der Waals surface area contributed by atoms with Crippen molar-refractivity contribution in [3.8, 4) is 0 Å². The topological polar surface area (TPSA) is 784 Å². The fourth-order valence-electron chi connectivity index (χ4n) is 5.72. The van der Waals surface area contributed by atoms with Gasteiger partial charge in [-0.2, -0.15) is 0 Å². The summed E-state index contributed by atoms with van der Waals surface area (Å²) < 4.78 is 190. The first-order valence-corrected chi connectivity index (χ1v) is 40.4. The van der Waals surface area contributed by atoms with E-state index in [0.29, 0.717) is 0 Å². The largest absolute Gasteiger partial charge is 0.790 e. The number of fused-ring (bicyclic) bond motifs is 1. The van der Waals surface area contributed by atoms with Crippen molar-refractivity contribution in [3.05, 3.63) is 0 Å². The molecular weight excluding hydrogens is 1570 g/mol. The zero-order chi connectivity index (χ0) is 58.1. The molecule has 17 N–H and O–H groups in total. The quantitative estimate of drug-likeness (QED) is 0.0398. The Morgan fingerprint density at radius 3 is 0.797 bits per heavy atom. The van der Waals surface area contributed by atoms with Crippen LogP contribution in [0.5, 0.6) is 0 Å². The number of hydrogen-bond donors (Lipinski definition) is 17. The molecule has 443 valence electrons. The Labute approximate surface area is 441 Å². The molecule has 16 atom stereocenters. The SMILES string of the molecule is II.O=P([O-])(O)OC1C(OP(=O)(O)O)C(OP(=O)(O)O)C(OP(=O)(O)O)C2OP(=O)(O)OP(=O)([O-])OC12.O=P([O-])([O-])OC1C(OP(=O)([O-])O)C(OP(=O)(O)O)C(OP(=O)(O)O)C(OP(=O)(O)O)C1OP(=O)(O)O.[V]. The molecule has 16 unspecified atom stereocenters. The molecule has 0 aromatic carbocycles. The van der Waals surface area contributed by atoms with E-state index >= 15 is 0 Å². The number of phosphoric acid groups is 12. The second-order valence-corrected chi connectivity index (χ2v) is 27.3. The summed E-state index contributed by atoms with van der Waals surface area (Å²) in [5.41, 5.74) is 0. The minimum absolute atomic E-state index is 0. The van der Waals surface area contributed by atoms with Gasteiger partial charge >= 0.3 is 62.6 Å². The molecule has 2 aliphatic carbocycles. The zero-order valence-electron chi connectivity index (χ0n) is 33.3. The minimum Gasteiger partial charge on any atom is -0.790 e. The van der Waals surface area contributed by atoms with E-state index in [4.69, 9.17) is 78.3 Å². The van der Waals surface area contributed by atoms with E-state index in [1.807, 2.05) is 0 Å². The Bertz CT molecular complexity index is 2170. The molecule has 3 rings (SSSR count). The standard InChI is InChI=1S/C6H18O24P6.C6H16O23P6.I2.V/c7-31(8,9)25-1-2(26-32(10,11)12)4(28-34(16,17)18)6(30-36(22,23)24)5(29-35(19,20)21)3(1)27-33(13,14)15;7-30(8,9)23-1-2(24-31(10,11)12)4(26-33(16,17)18)6-5(3(1)25-32(13,14)15)27-34(19,20)29-35(21,22)28-6;1-2;/h1-6H,(H2,7,8,9)(H2,10,11,12)(H2,13,14,15)(H2,16,17,18)(H2,19,20,21)(H2,22,23,24);1-6H,(H,19,20)(H,21,22)(H2,7,8,9)(H2,10,11,12)(H2,13,14,15)(H2,16,17,18);;/p-5. The van der Waals surface area contributed by atoms with Crippen LogP contribution in [-0.4, -0.2) is 156 Å². The zero-order valence-corrected chi connectivity index (χ0v) is 49.8. The van der Waals surface area contributed by atoms with Gasteiger partial charge in [0.15, 0.2) is 0 Å². The normalized spacial score (nSPS) is 34.4. The first-order valence-electron chi connectivity index (χ1n) is 16.0. The summed E-state index contributed by atoms with van der Waals surface area (Å²) in [7, 11) is -73.0. The molecule has 0 bridgehead atoms. The Morgan fingerprint density at radius 2 is 0.554 bits per heavy atom. The molecule has 47 nitrogen and oxygen atoms in total. The van der Waals surface area contributed by atoms with E-state index < -0.39 is 167 Å². The van der Waals surface area contributed by atoms with Gasteiger partial charge in [-0.1, -0.05) is 0 Å². The van der Waals surface area contributed by atoms with E-state index in [-0.39, 0.29) is 18.6 Å². The van der Waals surface area contributed by atoms with Crippen LogP contribution in [0.15, 0.2) is 0 Å². The van der Waals surface area contributed by atoms with Gasteiger partial charge in [0.25, 0.3) is 23.5 Å². The molecule has 0 aromatic heterocycles. The Morgan fingerprint density at radius 1 is 0.365 bits per heavy atom. The Kier molecular flexibility index (Phi) is 29.4. The van der Waals surface area contributed by atoms with Crippen molar-refractivity contribution in [3.63, 3.8) is 0 Å². The van der Waals surface area contributed by atoms with E-state index in [1.54, 1.807) is 0 Å². The van der Waals surface area contributed by atoms with Crippen LogP contribution >= 0.6 is 131 Å². The smallest absolute Gasteiger partial charge is 0.479 e. The molecule has 74 heavy (non-hydrogen) atoms. The average Bonchev–Trinajstić information content (AvgIpc) is 3.16. The third-order valence-electron chi connectivity index (χ3n) is 7.17. The van der Waals surface area contributed by atoms with Crippen LogP contribution in [-0.2, 0) is 132 Å².